The minimum Gasteiger partial charge on any atom is -0.478 e. The van der Waals surface area contributed by atoms with Gasteiger partial charge in [-0.25, -0.2) is 4.79 Å². The molecule has 0 spiro atoms. The second-order valence-electron chi connectivity index (χ2n) is 8.96. The molecule has 0 aromatic heterocycles. The summed E-state index contributed by atoms with van der Waals surface area (Å²) in [5.74, 6) is -0.880. The first-order valence-electron chi connectivity index (χ1n) is 10.2. The van der Waals surface area contributed by atoms with Crippen LogP contribution < -0.4 is 0 Å². The predicted molar refractivity (Wildman–Crippen MR) is 120 cm³/mol. The van der Waals surface area contributed by atoms with Crippen molar-refractivity contribution in [1.29, 1.82) is 0 Å². The highest BCUT2D eigenvalue weighted by Gasteiger charge is 2.39. The van der Waals surface area contributed by atoms with Crippen molar-refractivity contribution in [2.24, 2.45) is 0 Å². The quantitative estimate of drug-likeness (QED) is 0.278. The lowest BCUT2D eigenvalue weighted by molar-refractivity contribution is -0.131. The normalized spacial score (nSPS) is 13.9. The lowest BCUT2D eigenvalue weighted by Gasteiger charge is -2.39. The Balaban J connectivity index is 2.22. The van der Waals surface area contributed by atoms with Crippen molar-refractivity contribution in [1.82, 2.24) is 0 Å². The molecule has 0 aliphatic rings. The van der Waals surface area contributed by atoms with Crippen LogP contribution in [-0.4, -0.2) is 19.4 Å². The van der Waals surface area contributed by atoms with Crippen LogP contribution in [0.3, 0.4) is 0 Å². The van der Waals surface area contributed by atoms with E-state index in [1.165, 1.54) is 22.4 Å². The van der Waals surface area contributed by atoms with Gasteiger partial charge in [0.1, 0.15) is 0 Å². The monoisotopic (exact) mass is 398 g/mol. The molecular formula is C24H34O3Si. The molecule has 2 rings (SSSR count). The molecule has 1 unspecified atom stereocenters. The Morgan fingerprint density at radius 3 is 2.46 bits per heavy atom. The average Bonchev–Trinajstić information content (AvgIpc) is 2.62. The molecule has 3 nitrogen and oxygen atoms in total. The summed E-state index contributed by atoms with van der Waals surface area (Å²) in [6.45, 7) is 11.4. The Morgan fingerprint density at radius 1 is 1.11 bits per heavy atom. The molecule has 0 heterocycles. The lowest BCUT2D eigenvalue weighted by atomic mass is 9.97. The zero-order valence-electron chi connectivity index (χ0n) is 17.9. The first-order valence-corrected chi connectivity index (χ1v) is 13.1. The number of carboxylic acids is 1. The van der Waals surface area contributed by atoms with Gasteiger partial charge in [0.05, 0.1) is 6.10 Å². The van der Waals surface area contributed by atoms with E-state index in [1.807, 2.05) is 0 Å². The van der Waals surface area contributed by atoms with Gasteiger partial charge >= 0.3 is 5.97 Å². The van der Waals surface area contributed by atoms with Gasteiger partial charge in [-0.1, -0.05) is 75.7 Å². The van der Waals surface area contributed by atoms with Gasteiger partial charge in [-0.3, -0.25) is 0 Å². The Bertz CT molecular complexity index is 813. The van der Waals surface area contributed by atoms with E-state index in [4.69, 9.17) is 9.53 Å². The smallest absolute Gasteiger partial charge is 0.327 e. The molecule has 0 saturated heterocycles. The van der Waals surface area contributed by atoms with E-state index in [2.05, 4.69) is 76.3 Å². The average molecular weight is 399 g/mol. The van der Waals surface area contributed by atoms with Crippen LogP contribution in [0.4, 0.5) is 0 Å². The fourth-order valence-electron chi connectivity index (χ4n) is 3.12. The Morgan fingerprint density at radius 2 is 1.79 bits per heavy atom. The van der Waals surface area contributed by atoms with Crippen molar-refractivity contribution >= 4 is 25.1 Å². The number of carbonyl (C=O) groups is 1. The molecule has 0 radical (unpaired) electrons. The summed E-state index contributed by atoms with van der Waals surface area (Å²) < 4.78 is 6.87. The standard InChI is InChI=1S/C24H34O3Si/c1-24(2,3)28(4,5)27-22(17-8-6-7-9-18-23(25)26)21-16-12-14-19-13-10-11-15-20(19)21/h9-16,18,22H,6-8,17H2,1-5H3,(H,25,26)/b18-9-. The summed E-state index contributed by atoms with van der Waals surface area (Å²) >= 11 is 0. The number of unbranched alkanes of at least 4 members (excludes halogenated alkanes) is 2. The fourth-order valence-corrected chi connectivity index (χ4v) is 4.43. The molecule has 4 heteroatoms. The third-order valence-corrected chi connectivity index (χ3v) is 10.2. The Hall–Kier alpha value is -1.91. The number of carboxylic acid groups (broad SMARTS) is 1. The van der Waals surface area contributed by atoms with E-state index >= 15 is 0 Å². The second kappa shape index (κ2) is 9.53. The number of allylic oxidation sites excluding steroid dienone is 1. The lowest BCUT2D eigenvalue weighted by Crippen LogP contribution is -2.41. The minimum atomic E-state index is -1.92. The van der Waals surface area contributed by atoms with Crippen LogP contribution in [0.5, 0.6) is 0 Å². The molecule has 28 heavy (non-hydrogen) atoms. The minimum absolute atomic E-state index is 0.0652. The molecule has 0 bridgehead atoms. The van der Waals surface area contributed by atoms with Crippen LogP contribution in [0.25, 0.3) is 10.8 Å². The first kappa shape index (κ1) is 22.4. The summed E-state index contributed by atoms with van der Waals surface area (Å²) in [7, 11) is -1.92. The fraction of sp³-hybridized carbons (Fsp3) is 0.458. The summed E-state index contributed by atoms with van der Waals surface area (Å²) in [5, 5.41) is 11.4. The van der Waals surface area contributed by atoms with Gasteiger partial charge in [0.2, 0.25) is 0 Å². The summed E-state index contributed by atoms with van der Waals surface area (Å²) in [6, 6.07) is 15.0. The third kappa shape index (κ3) is 6.04. The highest BCUT2D eigenvalue weighted by atomic mass is 28.4. The number of hydrogen-bond acceptors (Lipinski definition) is 2. The van der Waals surface area contributed by atoms with E-state index in [9.17, 15) is 4.79 Å². The van der Waals surface area contributed by atoms with Gasteiger partial charge in [0, 0.05) is 6.08 Å². The maximum atomic E-state index is 10.6. The molecule has 0 aliphatic carbocycles. The van der Waals surface area contributed by atoms with Crippen molar-refractivity contribution in [3.63, 3.8) is 0 Å². The largest absolute Gasteiger partial charge is 0.478 e. The zero-order chi connectivity index (χ0) is 20.8. The Labute approximate surface area is 170 Å². The summed E-state index contributed by atoms with van der Waals surface area (Å²) in [5.41, 5.74) is 1.27. The SMILES string of the molecule is CC(C)(C)[Si](C)(C)OC(CCCC/C=C\C(=O)O)c1cccc2ccccc12. The predicted octanol–water partition coefficient (Wildman–Crippen LogP) is 7.10. The van der Waals surface area contributed by atoms with Crippen LogP contribution in [0.1, 0.15) is 58.1 Å². The molecule has 152 valence electrons. The van der Waals surface area contributed by atoms with E-state index in [0.29, 0.717) is 0 Å². The topological polar surface area (TPSA) is 46.5 Å². The van der Waals surface area contributed by atoms with Crippen molar-refractivity contribution < 1.29 is 14.3 Å². The van der Waals surface area contributed by atoms with Crippen molar-refractivity contribution in [3.05, 3.63) is 60.2 Å². The van der Waals surface area contributed by atoms with Crippen molar-refractivity contribution in [2.75, 3.05) is 0 Å². The Kier molecular flexibility index (Phi) is 7.61. The molecule has 1 atom stereocenters. The zero-order valence-corrected chi connectivity index (χ0v) is 18.9. The van der Waals surface area contributed by atoms with Gasteiger partial charge in [-0.05, 0) is 53.7 Å². The van der Waals surface area contributed by atoms with Gasteiger partial charge in [-0.2, -0.15) is 0 Å². The molecule has 0 saturated carbocycles. The number of aliphatic carboxylic acids is 1. The highest BCUT2D eigenvalue weighted by Crippen LogP contribution is 2.42. The maximum absolute atomic E-state index is 10.6. The van der Waals surface area contributed by atoms with E-state index in [-0.39, 0.29) is 11.1 Å². The van der Waals surface area contributed by atoms with Crippen LogP contribution in [0.15, 0.2) is 54.6 Å². The van der Waals surface area contributed by atoms with Gasteiger partial charge in [-0.15, -0.1) is 0 Å². The number of benzene rings is 2. The highest BCUT2D eigenvalue weighted by molar-refractivity contribution is 6.74. The van der Waals surface area contributed by atoms with Gasteiger partial charge in [0.25, 0.3) is 0 Å². The number of fused-ring (bicyclic) bond motifs is 1. The molecule has 0 fully saturated rings. The third-order valence-electron chi connectivity index (χ3n) is 5.76. The summed E-state index contributed by atoms with van der Waals surface area (Å²) in [4.78, 5) is 10.6. The van der Waals surface area contributed by atoms with Crippen molar-refractivity contribution in [3.8, 4) is 0 Å². The first-order chi connectivity index (χ1) is 13.1. The molecule has 0 amide bonds. The van der Waals surface area contributed by atoms with Crippen LogP contribution in [0.2, 0.25) is 18.1 Å². The van der Waals surface area contributed by atoms with E-state index in [1.54, 1.807) is 6.08 Å². The van der Waals surface area contributed by atoms with E-state index < -0.39 is 14.3 Å². The van der Waals surface area contributed by atoms with Crippen LogP contribution in [0, 0.1) is 0 Å². The molecular weight excluding hydrogens is 364 g/mol. The molecule has 2 aromatic carbocycles. The van der Waals surface area contributed by atoms with Crippen LogP contribution >= 0.6 is 0 Å². The maximum Gasteiger partial charge on any atom is 0.327 e. The molecule has 2 aromatic rings. The number of hydrogen-bond donors (Lipinski definition) is 1. The molecule has 0 aliphatic heterocycles. The second-order valence-corrected chi connectivity index (χ2v) is 13.7. The van der Waals surface area contributed by atoms with E-state index in [0.717, 1.165) is 25.7 Å². The van der Waals surface area contributed by atoms with Crippen molar-refractivity contribution in [2.45, 2.75) is 70.7 Å². The van der Waals surface area contributed by atoms with Crippen LogP contribution in [-0.2, 0) is 9.22 Å². The molecule has 1 N–H and O–H groups in total. The van der Waals surface area contributed by atoms with Gasteiger partial charge in [0.15, 0.2) is 8.32 Å². The number of rotatable bonds is 9. The van der Waals surface area contributed by atoms with Gasteiger partial charge < -0.3 is 9.53 Å². The summed E-state index contributed by atoms with van der Waals surface area (Å²) in [6.07, 6.45) is 6.74.